The summed E-state index contributed by atoms with van der Waals surface area (Å²) in [5, 5.41) is 0.824. The maximum atomic E-state index is 12.7. The van der Waals surface area contributed by atoms with Crippen molar-refractivity contribution in [1.29, 1.82) is 0 Å². The summed E-state index contributed by atoms with van der Waals surface area (Å²) in [5.41, 5.74) is 1.82. The van der Waals surface area contributed by atoms with Crippen molar-refractivity contribution in [1.82, 2.24) is 4.98 Å². The van der Waals surface area contributed by atoms with Gasteiger partial charge in [-0.25, -0.2) is 0 Å². The van der Waals surface area contributed by atoms with E-state index in [1.54, 1.807) is 31.4 Å². The van der Waals surface area contributed by atoms with Crippen LogP contribution >= 0.6 is 0 Å². The fraction of sp³-hybridized carbons (Fsp3) is 0.125. The Bertz CT molecular complexity index is 893. The van der Waals surface area contributed by atoms with Crippen LogP contribution in [0.15, 0.2) is 48.5 Å². The Morgan fingerprint density at radius 1 is 1.00 bits per heavy atom. The average Bonchev–Trinajstić information content (AvgIpc) is 2.91. The van der Waals surface area contributed by atoms with Gasteiger partial charge in [0, 0.05) is 0 Å². The molecule has 0 unspecified atom stereocenters. The van der Waals surface area contributed by atoms with Crippen molar-refractivity contribution in [2.24, 2.45) is 0 Å². The number of rotatable bonds is 3. The first-order valence-electron chi connectivity index (χ1n) is 6.49. The van der Waals surface area contributed by atoms with E-state index >= 15 is 0 Å². The third kappa shape index (κ3) is 2.46. The van der Waals surface area contributed by atoms with Gasteiger partial charge in [-0.3, -0.25) is 0 Å². The van der Waals surface area contributed by atoms with E-state index in [9.17, 15) is 7.67 Å². The molecular formula is C16H15NO3Se. The number of aryl methyl sites for hydroxylation is 1. The second-order valence-corrected chi connectivity index (χ2v) is 8.93. The van der Waals surface area contributed by atoms with E-state index in [2.05, 4.69) is 4.98 Å². The Labute approximate surface area is 124 Å². The van der Waals surface area contributed by atoms with Crippen LogP contribution in [0, 0.1) is 6.92 Å². The van der Waals surface area contributed by atoms with Crippen LogP contribution < -0.4 is 13.8 Å². The van der Waals surface area contributed by atoms with Gasteiger partial charge in [0.25, 0.3) is 0 Å². The van der Waals surface area contributed by atoms with Crippen molar-refractivity contribution in [2.75, 3.05) is 7.11 Å². The predicted molar refractivity (Wildman–Crippen MR) is 82.4 cm³/mol. The Morgan fingerprint density at radius 3 is 2.38 bits per heavy atom. The van der Waals surface area contributed by atoms with E-state index in [-0.39, 0.29) is 4.59 Å². The number of nitrogens with one attached hydrogen (secondary N) is 1. The summed E-state index contributed by atoms with van der Waals surface area (Å²) in [6.07, 6.45) is 0. The monoisotopic (exact) mass is 349 g/mol. The molecular weight excluding hydrogens is 333 g/mol. The summed E-state index contributed by atoms with van der Waals surface area (Å²) in [6.45, 7) is 1.93. The number of benzene rings is 2. The van der Waals surface area contributed by atoms with Crippen LogP contribution in [0.2, 0.25) is 0 Å². The molecule has 0 bridgehead atoms. The van der Waals surface area contributed by atoms with Crippen LogP contribution in [0.5, 0.6) is 5.75 Å². The van der Waals surface area contributed by atoms with Gasteiger partial charge in [0.1, 0.15) is 0 Å². The van der Waals surface area contributed by atoms with Gasteiger partial charge in [-0.15, -0.1) is 0 Å². The van der Waals surface area contributed by atoms with Gasteiger partial charge in [-0.1, -0.05) is 0 Å². The normalized spacial score (nSPS) is 11.7. The molecule has 0 aliphatic heterocycles. The molecule has 0 amide bonds. The molecule has 4 nitrogen and oxygen atoms in total. The van der Waals surface area contributed by atoms with Crippen molar-refractivity contribution in [2.45, 2.75) is 6.92 Å². The molecule has 0 radical (unpaired) electrons. The minimum atomic E-state index is -4.39. The Balaban J connectivity index is 2.12. The second kappa shape index (κ2) is 5.02. The quantitative estimate of drug-likeness (QED) is 0.736. The summed E-state index contributed by atoms with van der Waals surface area (Å²) >= 11 is -4.39. The molecule has 0 saturated carbocycles. The average molecular weight is 348 g/mol. The fourth-order valence-corrected chi connectivity index (χ4v) is 4.87. The van der Waals surface area contributed by atoms with Gasteiger partial charge >= 0.3 is 124 Å². The first-order chi connectivity index (χ1) is 10.0. The summed E-state index contributed by atoms with van der Waals surface area (Å²) < 4.78 is 31.1. The van der Waals surface area contributed by atoms with Crippen molar-refractivity contribution in [3.8, 4) is 5.75 Å². The zero-order valence-corrected chi connectivity index (χ0v) is 13.5. The third-order valence-electron chi connectivity index (χ3n) is 3.42. The van der Waals surface area contributed by atoms with Gasteiger partial charge in [-0.2, -0.15) is 0 Å². The standard InChI is InChI=1S/C16H15NO3Se/c1-11-3-6-14(7-4-11)21(18,19)16-10-12-9-13(20-2)5-8-15(12)17-16/h3-10,17H,1-2H3. The van der Waals surface area contributed by atoms with E-state index in [4.69, 9.17) is 4.74 Å². The van der Waals surface area contributed by atoms with E-state index < -0.39 is 12.7 Å². The number of hydrogen-bond acceptors (Lipinski definition) is 3. The van der Waals surface area contributed by atoms with E-state index in [0.29, 0.717) is 10.2 Å². The Hall–Kier alpha value is -2.10. The van der Waals surface area contributed by atoms with Crippen LogP contribution in [0.4, 0.5) is 0 Å². The van der Waals surface area contributed by atoms with Gasteiger partial charge < -0.3 is 0 Å². The fourth-order valence-electron chi connectivity index (χ4n) is 2.20. The van der Waals surface area contributed by atoms with Crippen molar-refractivity contribution < 1.29 is 12.4 Å². The van der Waals surface area contributed by atoms with E-state index in [1.165, 1.54) is 0 Å². The molecule has 5 heteroatoms. The molecule has 2 aromatic carbocycles. The summed E-state index contributed by atoms with van der Waals surface area (Å²) in [4.78, 5) is 2.99. The molecule has 108 valence electrons. The van der Waals surface area contributed by atoms with Crippen LogP contribution in [-0.4, -0.2) is 24.8 Å². The first kappa shape index (κ1) is 13.9. The zero-order chi connectivity index (χ0) is 15.0. The van der Waals surface area contributed by atoms with Gasteiger partial charge in [0.05, 0.1) is 0 Å². The zero-order valence-electron chi connectivity index (χ0n) is 11.8. The molecule has 3 rings (SSSR count). The number of H-pyrrole nitrogens is 1. The summed E-state index contributed by atoms with van der Waals surface area (Å²) in [5.74, 6) is 0.703. The number of methoxy groups -OCH3 is 1. The van der Waals surface area contributed by atoms with Gasteiger partial charge in [-0.05, 0) is 0 Å². The number of fused-ring (bicyclic) bond motifs is 1. The predicted octanol–water partition coefficient (Wildman–Crippen LogP) is 1.90. The molecule has 0 aliphatic carbocycles. The molecule has 21 heavy (non-hydrogen) atoms. The minimum absolute atomic E-state index is 0.262. The SMILES string of the molecule is COc1ccc2[nH]c([Se](=O)(=O)c3ccc(C)cc3)cc2c1. The molecule has 1 N–H and O–H groups in total. The Kier molecular flexibility index (Phi) is 3.32. The van der Waals surface area contributed by atoms with E-state index in [1.807, 2.05) is 31.2 Å². The van der Waals surface area contributed by atoms with Crippen molar-refractivity contribution in [3.63, 3.8) is 0 Å². The maximum absolute atomic E-state index is 12.7. The summed E-state index contributed by atoms with van der Waals surface area (Å²) in [6, 6.07) is 14.0. The number of aromatic nitrogens is 1. The Morgan fingerprint density at radius 2 is 1.71 bits per heavy atom. The van der Waals surface area contributed by atoms with Crippen molar-refractivity contribution in [3.05, 3.63) is 54.1 Å². The van der Waals surface area contributed by atoms with E-state index in [0.717, 1.165) is 16.5 Å². The molecule has 1 aromatic heterocycles. The van der Waals surface area contributed by atoms with Crippen LogP contribution in [-0.2, 0) is 7.67 Å². The molecule has 0 atom stereocenters. The topological polar surface area (TPSA) is 59.2 Å². The van der Waals surface area contributed by atoms with Crippen LogP contribution in [0.1, 0.15) is 5.56 Å². The number of hydrogen-bond donors (Lipinski definition) is 1. The van der Waals surface area contributed by atoms with Gasteiger partial charge in [0.15, 0.2) is 0 Å². The van der Waals surface area contributed by atoms with Gasteiger partial charge in [0.2, 0.25) is 0 Å². The molecule has 3 aromatic rings. The molecule has 1 heterocycles. The first-order valence-corrected chi connectivity index (χ1v) is 9.60. The molecule has 0 spiro atoms. The van der Waals surface area contributed by atoms with Crippen LogP contribution in [0.25, 0.3) is 10.9 Å². The van der Waals surface area contributed by atoms with Crippen LogP contribution in [0.3, 0.4) is 0 Å². The molecule has 0 aliphatic rings. The number of ether oxygens (including phenoxy) is 1. The molecule has 0 fully saturated rings. The summed E-state index contributed by atoms with van der Waals surface area (Å²) in [7, 11) is 1.59. The third-order valence-corrected chi connectivity index (χ3v) is 6.97. The van der Waals surface area contributed by atoms with Crippen molar-refractivity contribution >= 4 is 32.7 Å². The molecule has 0 saturated heterocycles. The number of aromatic amines is 1. The second-order valence-electron chi connectivity index (χ2n) is 4.90.